The van der Waals surface area contributed by atoms with E-state index in [1.165, 1.54) is 0 Å². The number of nitrogens with zero attached hydrogens (tertiary/aromatic N) is 1. The Morgan fingerprint density at radius 1 is 1.11 bits per heavy atom. The predicted octanol–water partition coefficient (Wildman–Crippen LogP) is 3.20. The maximum absolute atomic E-state index is 12.4. The summed E-state index contributed by atoms with van der Waals surface area (Å²) in [4.78, 5) is 12.1. The summed E-state index contributed by atoms with van der Waals surface area (Å²) >= 11 is 5.55. The Morgan fingerprint density at radius 3 is 1.84 bits per heavy atom. The van der Waals surface area contributed by atoms with Gasteiger partial charge in [0, 0.05) is 19.0 Å². The Bertz CT molecular complexity index is 307. The zero-order valence-electron chi connectivity index (χ0n) is 9.69. The standard InChI is InChI=1S/C10H12ClF6NO/c11-5-6-1-3-18(4-2-6)8(19)7(9(12,13)14)10(15,16)17/h6-7H,1-5H2. The summed E-state index contributed by atoms with van der Waals surface area (Å²) in [5.74, 6) is -5.55. The molecule has 1 aliphatic heterocycles. The lowest BCUT2D eigenvalue weighted by molar-refractivity contribution is -0.277. The summed E-state index contributed by atoms with van der Waals surface area (Å²) in [5.41, 5.74) is 0. The van der Waals surface area contributed by atoms with Crippen LogP contribution in [0.25, 0.3) is 0 Å². The fourth-order valence-corrected chi connectivity index (χ4v) is 2.26. The van der Waals surface area contributed by atoms with Crippen LogP contribution < -0.4 is 0 Å². The molecular weight excluding hydrogens is 300 g/mol. The predicted molar refractivity (Wildman–Crippen MR) is 55.6 cm³/mol. The molecule has 2 nitrogen and oxygen atoms in total. The fourth-order valence-electron chi connectivity index (χ4n) is 1.96. The van der Waals surface area contributed by atoms with Crippen LogP contribution in [0.15, 0.2) is 0 Å². The van der Waals surface area contributed by atoms with Gasteiger partial charge in [-0.05, 0) is 18.8 Å². The molecule has 0 saturated carbocycles. The van der Waals surface area contributed by atoms with Crippen molar-refractivity contribution in [2.24, 2.45) is 11.8 Å². The summed E-state index contributed by atoms with van der Waals surface area (Å²) in [7, 11) is 0. The van der Waals surface area contributed by atoms with Gasteiger partial charge in [0.1, 0.15) is 0 Å². The van der Waals surface area contributed by atoms with E-state index in [1.807, 2.05) is 0 Å². The van der Waals surface area contributed by atoms with Crippen LogP contribution >= 0.6 is 11.6 Å². The van der Waals surface area contributed by atoms with E-state index in [1.54, 1.807) is 0 Å². The Labute approximate surface area is 110 Å². The molecule has 0 spiro atoms. The van der Waals surface area contributed by atoms with Crippen LogP contribution in [-0.4, -0.2) is 42.1 Å². The third-order valence-electron chi connectivity index (χ3n) is 3.05. The Hall–Kier alpha value is -0.660. The number of carbonyl (C=O) groups is 1. The number of piperidine rings is 1. The van der Waals surface area contributed by atoms with E-state index >= 15 is 0 Å². The lowest BCUT2D eigenvalue weighted by Gasteiger charge is -2.34. The average molecular weight is 312 g/mol. The number of hydrogen-bond donors (Lipinski definition) is 0. The summed E-state index contributed by atoms with van der Waals surface area (Å²) < 4.78 is 74.3. The highest BCUT2D eigenvalue weighted by Gasteiger charge is 2.62. The van der Waals surface area contributed by atoms with Gasteiger partial charge in [0.15, 0.2) is 0 Å². The minimum Gasteiger partial charge on any atom is -0.342 e. The first-order valence-electron chi connectivity index (χ1n) is 5.55. The second-order valence-corrected chi connectivity index (χ2v) is 4.75. The first-order valence-corrected chi connectivity index (χ1v) is 6.09. The largest absolute Gasteiger partial charge is 0.409 e. The van der Waals surface area contributed by atoms with Crippen molar-refractivity contribution in [2.45, 2.75) is 25.2 Å². The molecule has 0 unspecified atom stereocenters. The van der Waals surface area contributed by atoms with Crippen molar-refractivity contribution in [2.75, 3.05) is 19.0 Å². The zero-order chi connectivity index (χ0) is 14.8. The van der Waals surface area contributed by atoms with E-state index in [9.17, 15) is 31.1 Å². The van der Waals surface area contributed by atoms with Gasteiger partial charge in [-0.1, -0.05) is 0 Å². The van der Waals surface area contributed by atoms with Crippen LogP contribution in [0.2, 0.25) is 0 Å². The maximum Gasteiger partial charge on any atom is 0.409 e. The van der Waals surface area contributed by atoms with Gasteiger partial charge in [0.2, 0.25) is 11.8 Å². The Morgan fingerprint density at radius 2 is 1.53 bits per heavy atom. The molecule has 112 valence electrons. The van der Waals surface area contributed by atoms with Crippen LogP contribution in [0.1, 0.15) is 12.8 Å². The molecule has 0 aromatic heterocycles. The normalized spacial score (nSPS) is 19.1. The molecule has 0 radical (unpaired) electrons. The lowest BCUT2D eigenvalue weighted by Crippen LogP contribution is -2.51. The number of carbonyl (C=O) groups excluding carboxylic acids is 1. The quantitative estimate of drug-likeness (QED) is 0.566. The summed E-state index contributed by atoms with van der Waals surface area (Å²) in [6.07, 6.45) is -10.6. The molecule has 1 saturated heterocycles. The van der Waals surface area contributed by atoms with Crippen molar-refractivity contribution in [3.8, 4) is 0 Å². The molecule has 0 aromatic rings. The van der Waals surface area contributed by atoms with Crippen molar-refractivity contribution >= 4 is 17.5 Å². The van der Waals surface area contributed by atoms with Crippen molar-refractivity contribution in [1.29, 1.82) is 0 Å². The number of alkyl halides is 7. The van der Waals surface area contributed by atoms with Crippen LogP contribution in [0.3, 0.4) is 0 Å². The van der Waals surface area contributed by atoms with Crippen molar-refractivity contribution in [1.82, 2.24) is 4.90 Å². The van der Waals surface area contributed by atoms with Gasteiger partial charge in [-0.15, -0.1) is 11.6 Å². The molecule has 19 heavy (non-hydrogen) atoms. The molecule has 1 amide bonds. The van der Waals surface area contributed by atoms with Crippen LogP contribution in [0, 0.1) is 11.8 Å². The molecule has 0 atom stereocenters. The SMILES string of the molecule is O=C(C(C(F)(F)F)C(F)(F)F)N1CCC(CCl)CC1. The van der Waals surface area contributed by atoms with Crippen LogP contribution in [0.5, 0.6) is 0 Å². The fraction of sp³-hybridized carbons (Fsp3) is 0.900. The molecule has 1 fully saturated rings. The Balaban J connectivity index is 2.79. The van der Waals surface area contributed by atoms with E-state index in [0.29, 0.717) is 17.7 Å². The van der Waals surface area contributed by atoms with Gasteiger partial charge in [0.25, 0.3) is 0 Å². The first-order chi connectivity index (χ1) is 8.57. The molecule has 0 bridgehead atoms. The smallest absolute Gasteiger partial charge is 0.342 e. The molecule has 0 aliphatic carbocycles. The van der Waals surface area contributed by atoms with Gasteiger partial charge >= 0.3 is 12.4 Å². The number of hydrogen-bond acceptors (Lipinski definition) is 1. The van der Waals surface area contributed by atoms with Gasteiger partial charge < -0.3 is 4.90 Å². The second-order valence-electron chi connectivity index (χ2n) is 4.44. The molecular formula is C10H12ClF6NO. The van der Waals surface area contributed by atoms with E-state index < -0.39 is 24.2 Å². The molecule has 9 heteroatoms. The van der Waals surface area contributed by atoms with Crippen LogP contribution in [-0.2, 0) is 4.79 Å². The number of likely N-dealkylation sites (tertiary alicyclic amines) is 1. The maximum atomic E-state index is 12.4. The number of amides is 1. The lowest BCUT2D eigenvalue weighted by atomic mass is 9.97. The number of rotatable bonds is 2. The minimum absolute atomic E-state index is 0.0286. The highest BCUT2D eigenvalue weighted by molar-refractivity contribution is 6.18. The van der Waals surface area contributed by atoms with Gasteiger partial charge in [-0.2, -0.15) is 26.3 Å². The summed E-state index contributed by atoms with van der Waals surface area (Å²) in [5, 5.41) is 0. The highest BCUT2D eigenvalue weighted by atomic mass is 35.5. The van der Waals surface area contributed by atoms with Crippen molar-refractivity contribution in [3.63, 3.8) is 0 Å². The molecule has 1 heterocycles. The first kappa shape index (κ1) is 16.4. The third kappa shape index (κ3) is 4.15. The Kier molecular flexibility index (Phi) is 4.97. The van der Waals surface area contributed by atoms with Gasteiger partial charge in [-0.25, -0.2) is 0 Å². The highest BCUT2D eigenvalue weighted by Crippen LogP contribution is 2.40. The van der Waals surface area contributed by atoms with Crippen molar-refractivity contribution in [3.05, 3.63) is 0 Å². The number of halogens is 7. The van der Waals surface area contributed by atoms with Crippen molar-refractivity contribution < 1.29 is 31.1 Å². The van der Waals surface area contributed by atoms with E-state index in [2.05, 4.69) is 0 Å². The second kappa shape index (κ2) is 5.76. The topological polar surface area (TPSA) is 20.3 Å². The van der Waals surface area contributed by atoms with Gasteiger partial charge in [-0.3, -0.25) is 4.79 Å². The molecule has 0 aromatic carbocycles. The minimum atomic E-state index is -5.63. The third-order valence-corrected chi connectivity index (χ3v) is 3.48. The van der Waals surface area contributed by atoms with E-state index in [-0.39, 0.29) is 24.9 Å². The molecule has 0 N–H and O–H groups in total. The van der Waals surface area contributed by atoms with Crippen LogP contribution in [0.4, 0.5) is 26.3 Å². The monoisotopic (exact) mass is 311 g/mol. The van der Waals surface area contributed by atoms with E-state index in [0.717, 1.165) is 0 Å². The zero-order valence-corrected chi connectivity index (χ0v) is 10.4. The molecule has 1 aliphatic rings. The molecule has 1 rings (SSSR count). The average Bonchev–Trinajstić information content (AvgIpc) is 2.25. The van der Waals surface area contributed by atoms with E-state index in [4.69, 9.17) is 11.6 Å². The van der Waals surface area contributed by atoms with Gasteiger partial charge in [0.05, 0.1) is 0 Å². The summed E-state index contributed by atoms with van der Waals surface area (Å²) in [6, 6.07) is 0. The summed E-state index contributed by atoms with van der Waals surface area (Å²) in [6.45, 7) is -0.252.